The summed E-state index contributed by atoms with van der Waals surface area (Å²) < 4.78 is 5.38. The second-order valence-corrected chi connectivity index (χ2v) is 6.70. The number of nitrogens with zero attached hydrogens (tertiary/aromatic N) is 1. The van der Waals surface area contributed by atoms with Crippen molar-refractivity contribution in [1.29, 1.82) is 0 Å². The first kappa shape index (κ1) is 15.3. The summed E-state index contributed by atoms with van der Waals surface area (Å²) in [5.41, 5.74) is 1.02. The van der Waals surface area contributed by atoms with Crippen molar-refractivity contribution in [3.63, 3.8) is 0 Å². The highest BCUT2D eigenvalue weighted by molar-refractivity contribution is 5.67. The van der Waals surface area contributed by atoms with Crippen LogP contribution in [0.25, 0.3) is 0 Å². The number of ether oxygens (including phenoxy) is 1. The molecule has 2 fully saturated rings. The molecule has 0 radical (unpaired) electrons. The summed E-state index contributed by atoms with van der Waals surface area (Å²) in [6, 6.07) is 9.79. The first-order valence-electron chi connectivity index (χ1n) is 8.34. The molecule has 0 unspecified atom stereocenters. The molecule has 1 aliphatic heterocycles. The quantitative estimate of drug-likeness (QED) is 0.929. The van der Waals surface area contributed by atoms with Gasteiger partial charge in [-0.25, -0.2) is 4.79 Å². The van der Waals surface area contributed by atoms with Crippen LogP contribution in [0.2, 0.25) is 0 Å². The summed E-state index contributed by atoms with van der Waals surface area (Å²) in [7, 11) is 0. The van der Waals surface area contributed by atoms with Crippen LogP contribution < -0.4 is 0 Å². The van der Waals surface area contributed by atoms with Gasteiger partial charge in [-0.05, 0) is 49.5 Å². The third-order valence-corrected chi connectivity index (χ3v) is 4.96. The van der Waals surface area contributed by atoms with E-state index in [1.807, 2.05) is 35.2 Å². The molecule has 4 heteroatoms. The molecule has 1 amide bonds. The lowest BCUT2D eigenvalue weighted by molar-refractivity contribution is 0.0242. The number of hydrogen-bond acceptors (Lipinski definition) is 3. The van der Waals surface area contributed by atoms with Gasteiger partial charge >= 0.3 is 6.09 Å². The van der Waals surface area contributed by atoms with Crippen molar-refractivity contribution >= 4 is 6.09 Å². The Morgan fingerprint density at radius 3 is 2.45 bits per heavy atom. The van der Waals surface area contributed by atoms with Crippen molar-refractivity contribution in [2.45, 2.75) is 44.8 Å². The molecule has 4 nitrogen and oxygen atoms in total. The molecule has 0 spiro atoms. The molecule has 0 aromatic heterocycles. The standard InChI is InChI=1S/C18H25NO3/c20-17-11-16(12-17)10-14-6-8-19(9-7-14)18(21)22-13-15-4-2-1-3-5-15/h1-5,14,16-17,20H,6-13H2. The van der Waals surface area contributed by atoms with Crippen molar-refractivity contribution < 1.29 is 14.6 Å². The molecule has 22 heavy (non-hydrogen) atoms. The summed E-state index contributed by atoms with van der Waals surface area (Å²) in [5, 5.41) is 9.35. The van der Waals surface area contributed by atoms with Crippen LogP contribution in [0.1, 0.15) is 37.7 Å². The molecular weight excluding hydrogens is 278 g/mol. The van der Waals surface area contributed by atoms with Crippen LogP contribution in [0.4, 0.5) is 4.79 Å². The molecule has 120 valence electrons. The van der Waals surface area contributed by atoms with Crippen LogP contribution >= 0.6 is 0 Å². The first-order chi connectivity index (χ1) is 10.7. The molecule has 1 heterocycles. The zero-order valence-electron chi connectivity index (χ0n) is 13.0. The molecule has 1 saturated heterocycles. The molecule has 1 N–H and O–H groups in total. The zero-order valence-corrected chi connectivity index (χ0v) is 13.0. The summed E-state index contributed by atoms with van der Waals surface area (Å²) in [6.45, 7) is 1.95. The van der Waals surface area contributed by atoms with E-state index >= 15 is 0 Å². The van der Waals surface area contributed by atoms with E-state index in [2.05, 4.69) is 0 Å². The Bertz CT molecular complexity index is 476. The fraction of sp³-hybridized carbons (Fsp3) is 0.611. The minimum Gasteiger partial charge on any atom is -0.445 e. The number of carbonyl (C=O) groups excluding carboxylic acids is 1. The van der Waals surface area contributed by atoms with E-state index in [0.29, 0.717) is 18.4 Å². The third kappa shape index (κ3) is 4.01. The number of aliphatic hydroxyl groups excluding tert-OH is 1. The second kappa shape index (κ2) is 7.14. The Hall–Kier alpha value is -1.55. The highest BCUT2D eigenvalue weighted by atomic mass is 16.6. The van der Waals surface area contributed by atoms with Gasteiger partial charge in [-0.2, -0.15) is 0 Å². The maximum Gasteiger partial charge on any atom is 0.410 e. The molecule has 1 aliphatic carbocycles. The lowest BCUT2D eigenvalue weighted by Gasteiger charge is -2.37. The van der Waals surface area contributed by atoms with Gasteiger partial charge in [-0.1, -0.05) is 30.3 Å². The van der Waals surface area contributed by atoms with Crippen LogP contribution in [-0.4, -0.2) is 35.3 Å². The van der Waals surface area contributed by atoms with Crippen LogP contribution in [0.5, 0.6) is 0 Å². The molecular formula is C18H25NO3. The number of aliphatic hydroxyl groups is 1. The van der Waals surface area contributed by atoms with Crippen molar-refractivity contribution in [2.75, 3.05) is 13.1 Å². The van der Waals surface area contributed by atoms with Crippen LogP contribution in [0.3, 0.4) is 0 Å². The summed E-state index contributed by atoms with van der Waals surface area (Å²) >= 11 is 0. The van der Waals surface area contributed by atoms with Crippen LogP contribution in [-0.2, 0) is 11.3 Å². The average molecular weight is 303 g/mol. The lowest BCUT2D eigenvalue weighted by atomic mass is 9.75. The Balaban J connectivity index is 1.36. The Labute approximate surface area is 132 Å². The molecule has 2 aliphatic rings. The maximum atomic E-state index is 12.1. The zero-order chi connectivity index (χ0) is 15.4. The second-order valence-electron chi connectivity index (χ2n) is 6.70. The smallest absolute Gasteiger partial charge is 0.410 e. The number of rotatable bonds is 4. The predicted molar refractivity (Wildman–Crippen MR) is 84.3 cm³/mol. The van der Waals surface area contributed by atoms with Gasteiger partial charge in [0.2, 0.25) is 0 Å². The molecule has 1 saturated carbocycles. The fourth-order valence-corrected chi connectivity index (χ4v) is 3.53. The van der Waals surface area contributed by atoms with Crippen molar-refractivity contribution in [1.82, 2.24) is 4.90 Å². The number of likely N-dealkylation sites (tertiary alicyclic amines) is 1. The summed E-state index contributed by atoms with van der Waals surface area (Å²) in [4.78, 5) is 13.9. The van der Waals surface area contributed by atoms with Gasteiger partial charge in [0, 0.05) is 13.1 Å². The van der Waals surface area contributed by atoms with E-state index in [0.717, 1.165) is 44.3 Å². The van der Waals surface area contributed by atoms with Crippen molar-refractivity contribution in [3.8, 4) is 0 Å². The van der Waals surface area contributed by atoms with Crippen LogP contribution in [0, 0.1) is 11.8 Å². The first-order valence-corrected chi connectivity index (χ1v) is 8.34. The summed E-state index contributed by atoms with van der Waals surface area (Å²) in [6.07, 6.45) is 5.03. The predicted octanol–water partition coefficient (Wildman–Crippen LogP) is 3.20. The van der Waals surface area contributed by atoms with E-state index < -0.39 is 0 Å². The highest BCUT2D eigenvalue weighted by Crippen LogP contribution is 2.35. The van der Waals surface area contributed by atoms with Gasteiger partial charge < -0.3 is 14.7 Å². The Kier molecular flexibility index (Phi) is 4.98. The van der Waals surface area contributed by atoms with E-state index in [1.54, 1.807) is 0 Å². The largest absolute Gasteiger partial charge is 0.445 e. The van der Waals surface area contributed by atoms with Gasteiger partial charge in [-0.15, -0.1) is 0 Å². The van der Waals surface area contributed by atoms with E-state index in [4.69, 9.17) is 4.74 Å². The fourth-order valence-electron chi connectivity index (χ4n) is 3.53. The van der Waals surface area contributed by atoms with Gasteiger partial charge in [0.05, 0.1) is 6.10 Å². The van der Waals surface area contributed by atoms with E-state index in [-0.39, 0.29) is 12.2 Å². The Morgan fingerprint density at radius 2 is 1.82 bits per heavy atom. The van der Waals surface area contributed by atoms with E-state index in [1.165, 1.54) is 6.42 Å². The minimum absolute atomic E-state index is 0.0574. The molecule has 1 aromatic carbocycles. The van der Waals surface area contributed by atoms with Crippen LogP contribution in [0.15, 0.2) is 30.3 Å². The van der Waals surface area contributed by atoms with Gasteiger partial charge in [0.1, 0.15) is 6.61 Å². The topological polar surface area (TPSA) is 49.8 Å². The van der Waals surface area contributed by atoms with Crippen molar-refractivity contribution in [2.24, 2.45) is 11.8 Å². The lowest BCUT2D eigenvalue weighted by Crippen LogP contribution is -2.40. The highest BCUT2D eigenvalue weighted by Gasteiger charge is 2.31. The number of hydrogen-bond donors (Lipinski definition) is 1. The van der Waals surface area contributed by atoms with Gasteiger partial charge in [0.25, 0.3) is 0 Å². The normalized spacial score (nSPS) is 25.6. The number of carbonyl (C=O) groups is 1. The SMILES string of the molecule is O=C(OCc1ccccc1)N1CCC(CC2CC(O)C2)CC1. The van der Waals surface area contributed by atoms with E-state index in [9.17, 15) is 9.90 Å². The number of piperidine rings is 1. The molecule has 1 aromatic rings. The van der Waals surface area contributed by atoms with Gasteiger partial charge in [-0.3, -0.25) is 0 Å². The monoisotopic (exact) mass is 303 g/mol. The number of amides is 1. The van der Waals surface area contributed by atoms with Gasteiger partial charge in [0.15, 0.2) is 0 Å². The minimum atomic E-state index is -0.193. The molecule has 3 rings (SSSR count). The molecule has 0 atom stereocenters. The number of benzene rings is 1. The Morgan fingerprint density at radius 1 is 1.14 bits per heavy atom. The summed E-state index contributed by atoms with van der Waals surface area (Å²) in [5.74, 6) is 1.41. The van der Waals surface area contributed by atoms with Crippen molar-refractivity contribution in [3.05, 3.63) is 35.9 Å². The maximum absolute atomic E-state index is 12.1. The molecule has 0 bridgehead atoms. The average Bonchev–Trinajstić information content (AvgIpc) is 2.53. The third-order valence-electron chi connectivity index (χ3n) is 4.96.